The first-order valence-corrected chi connectivity index (χ1v) is 5.79. The second-order valence-electron chi connectivity index (χ2n) is 4.33. The van der Waals surface area contributed by atoms with Gasteiger partial charge >= 0.3 is 5.97 Å². The van der Waals surface area contributed by atoms with Gasteiger partial charge in [-0.25, -0.2) is 22.4 Å². The lowest BCUT2D eigenvalue weighted by molar-refractivity contribution is 0.0683. The number of carbonyl (C=O) groups is 1. The molecule has 1 N–H and O–H groups in total. The Kier molecular flexibility index (Phi) is 3.64. The summed E-state index contributed by atoms with van der Waals surface area (Å²) in [5.41, 5.74) is -2.42. The van der Waals surface area contributed by atoms with Crippen LogP contribution in [0.15, 0.2) is 0 Å². The molecule has 0 bridgehead atoms. The highest BCUT2D eigenvalue weighted by molar-refractivity contribution is 5.89. The molecule has 1 aliphatic rings. The van der Waals surface area contributed by atoms with E-state index in [1.54, 1.807) is 0 Å². The van der Waals surface area contributed by atoms with E-state index in [-0.39, 0.29) is 13.1 Å². The van der Waals surface area contributed by atoms with Crippen LogP contribution in [-0.2, 0) is 0 Å². The maximum Gasteiger partial charge on any atom is 0.341 e. The minimum Gasteiger partial charge on any atom is -0.477 e. The number of nitrogens with zero attached hydrogens (tertiary/aromatic N) is 1. The van der Waals surface area contributed by atoms with Gasteiger partial charge in [-0.2, -0.15) is 0 Å². The van der Waals surface area contributed by atoms with Gasteiger partial charge in [-0.1, -0.05) is 0 Å². The van der Waals surface area contributed by atoms with Gasteiger partial charge in [0.1, 0.15) is 11.3 Å². The van der Waals surface area contributed by atoms with Crippen LogP contribution >= 0.6 is 0 Å². The topological polar surface area (TPSA) is 40.5 Å². The molecule has 104 valence electrons. The Labute approximate surface area is 106 Å². The molecule has 3 nitrogen and oxygen atoms in total. The van der Waals surface area contributed by atoms with Crippen LogP contribution in [0.5, 0.6) is 0 Å². The van der Waals surface area contributed by atoms with Crippen LogP contribution in [0.25, 0.3) is 0 Å². The number of benzene rings is 1. The summed E-state index contributed by atoms with van der Waals surface area (Å²) < 4.78 is 54.6. The predicted octanol–water partition coefficient (Wildman–Crippen LogP) is 2.93. The average molecular weight is 277 g/mol. The summed E-state index contributed by atoms with van der Waals surface area (Å²) in [7, 11) is 0. The standard InChI is InChI=1S/C12H11F4NO2/c13-7-6(12(18)19)8(14)10(16)11(9(7)15)17-4-2-1-3-5-17/h1-5H2,(H,18,19). The lowest BCUT2D eigenvalue weighted by Gasteiger charge is -2.29. The van der Waals surface area contributed by atoms with Crippen molar-refractivity contribution in [1.82, 2.24) is 0 Å². The Morgan fingerprint density at radius 1 is 0.895 bits per heavy atom. The van der Waals surface area contributed by atoms with Crippen molar-refractivity contribution < 1.29 is 27.5 Å². The number of carboxylic acid groups (broad SMARTS) is 1. The fraction of sp³-hybridized carbons (Fsp3) is 0.417. The van der Waals surface area contributed by atoms with Gasteiger partial charge in [-0.05, 0) is 19.3 Å². The number of aromatic carboxylic acids is 1. The summed E-state index contributed by atoms with van der Waals surface area (Å²) >= 11 is 0. The van der Waals surface area contributed by atoms with Crippen LogP contribution in [0.4, 0.5) is 23.2 Å². The molecule has 1 aromatic rings. The normalized spacial score (nSPS) is 15.7. The van der Waals surface area contributed by atoms with Gasteiger partial charge in [0.05, 0.1) is 0 Å². The summed E-state index contributed by atoms with van der Waals surface area (Å²) in [6.07, 6.45) is 2.18. The van der Waals surface area contributed by atoms with Gasteiger partial charge in [0, 0.05) is 13.1 Å². The van der Waals surface area contributed by atoms with Crippen LogP contribution in [-0.4, -0.2) is 24.2 Å². The van der Waals surface area contributed by atoms with Crippen molar-refractivity contribution in [2.24, 2.45) is 0 Å². The number of piperidine rings is 1. The summed E-state index contributed by atoms with van der Waals surface area (Å²) in [6.45, 7) is 0.554. The molecule has 1 aliphatic heterocycles. The molecular formula is C12H11F4NO2. The molecule has 1 heterocycles. The van der Waals surface area contributed by atoms with Gasteiger partial charge in [0.25, 0.3) is 0 Å². The van der Waals surface area contributed by atoms with Crippen LogP contribution in [0.3, 0.4) is 0 Å². The summed E-state index contributed by atoms with van der Waals surface area (Å²) in [5.74, 6) is -9.09. The highest BCUT2D eigenvalue weighted by atomic mass is 19.2. The third kappa shape index (κ3) is 2.24. The van der Waals surface area contributed by atoms with Gasteiger partial charge in [-0.3, -0.25) is 0 Å². The number of anilines is 1. The van der Waals surface area contributed by atoms with E-state index in [1.165, 1.54) is 4.90 Å². The Bertz CT molecular complexity index is 498. The van der Waals surface area contributed by atoms with E-state index in [0.717, 1.165) is 6.42 Å². The first-order valence-electron chi connectivity index (χ1n) is 5.79. The number of hydrogen-bond donors (Lipinski definition) is 1. The van der Waals surface area contributed by atoms with Crippen molar-refractivity contribution in [3.8, 4) is 0 Å². The molecule has 1 aromatic carbocycles. The van der Waals surface area contributed by atoms with E-state index >= 15 is 0 Å². The largest absolute Gasteiger partial charge is 0.477 e. The quantitative estimate of drug-likeness (QED) is 0.667. The highest BCUT2D eigenvalue weighted by Gasteiger charge is 2.32. The second-order valence-corrected chi connectivity index (χ2v) is 4.33. The van der Waals surface area contributed by atoms with E-state index < -0.39 is 40.5 Å². The number of rotatable bonds is 2. The van der Waals surface area contributed by atoms with Crippen molar-refractivity contribution in [2.45, 2.75) is 19.3 Å². The van der Waals surface area contributed by atoms with E-state index in [2.05, 4.69) is 0 Å². The lowest BCUT2D eigenvalue weighted by Crippen LogP contribution is -2.32. The van der Waals surface area contributed by atoms with Crippen molar-refractivity contribution in [1.29, 1.82) is 0 Å². The molecule has 0 aliphatic carbocycles. The molecule has 0 saturated carbocycles. The molecule has 0 atom stereocenters. The molecule has 0 amide bonds. The number of hydrogen-bond acceptors (Lipinski definition) is 2. The molecular weight excluding hydrogens is 266 g/mol. The third-order valence-electron chi connectivity index (χ3n) is 3.13. The molecule has 7 heteroatoms. The fourth-order valence-electron chi connectivity index (χ4n) is 2.20. The third-order valence-corrected chi connectivity index (χ3v) is 3.13. The van der Waals surface area contributed by atoms with E-state index in [1.807, 2.05) is 0 Å². The summed E-state index contributed by atoms with van der Waals surface area (Å²) in [6, 6.07) is 0. The van der Waals surface area contributed by atoms with Crippen LogP contribution in [0.1, 0.15) is 29.6 Å². The first kappa shape index (κ1) is 13.6. The predicted molar refractivity (Wildman–Crippen MR) is 59.3 cm³/mol. The Balaban J connectivity index is 2.59. The smallest absolute Gasteiger partial charge is 0.341 e. The number of halogens is 4. The molecule has 1 saturated heterocycles. The zero-order chi connectivity index (χ0) is 14.2. The molecule has 0 aromatic heterocycles. The SMILES string of the molecule is O=C(O)c1c(F)c(F)c(N2CCCCC2)c(F)c1F. The highest BCUT2D eigenvalue weighted by Crippen LogP contribution is 2.32. The molecule has 2 rings (SSSR count). The fourth-order valence-corrected chi connectivity index (χ4v) is 2.20. The second kappa shape index (κ2) is 5.07. The van der Waals surface area contributed by atoms with Crippen molar-refractivity contribution in [3.63, 3.8) is 0 Å². The lowest BCUT2D eigenvalue weighted by atomic mass is 10.1. The molecule has 19 heavy (non-hydrogen) atoms. The Morgan fingerprint density at radius 3 is 1.79 bits per heavy atom. The molecule has 0 unspecified atom stereocenters. The molecule has 1 fully saturated rings. The van der Waals surface area contributed by atoms with Gasteiger partial charge in [0.2, 0.25) is 0 Å². The average Bonchev–Trinajstić information content (AvgIpc) is 2.38. The zero-order valence-corrected chi connectivity index (χ0v) is 9.85. The van der Waals surface area contributed by atoms with Crippen LogP contribution in [0.2, 0.25) is 0 Å². The van der Waals surface area contributed by atoms with E-state index in [4.69, 9.17) is 5.11 Å². The molecule has 0 radical (unpaired) electrons. The minimum absolute atomic E-state index is 0.277. The maximum absolute atomic E-state index is 13.8. The van der Waals surface area contributed by atoms with Gasteiger partial charge < -0.3 is 10.0 Å². The Morgan fingerprint density at radius 2 is 1.37 bits per heavy atom. The van der Waals surface area contributed by atoms with E-state index in [0.29, 0.717) is 12.8 Å². The minimum atomic E-state index is -2.04. The summed E-state index contributed by atoms with van der Waals surface area (Å²) in [5, 5.41) is 8.57. The van der Waals surface area contributed by atoms with Gasteiger partial charge in [-0.15, -0.1) is 0 Å². The maximum atomic E-state index is 13.8. The zero-order valence-electron chi connectivity index (χ0n) is 9.85. The molecule has 0 spiro atoms. The Hall–Kier alpha value is -1.79. The monoisotopic (exact) mass is 277 g/mol. The van der Waals surface area contributed by atoms with Crippen molar-refractivity contribution >= 4 is 11.7 Å². The summed E-state index contributed by atoms with van der Waals surface area (Å²) in [4.78, 5) is 11.8. The van der Waals surface area contributed by atoms with Crippen LogP contribution in [0, 0.1) is 23.3 Å². The van der Waals surface area contributed by atoms with Gasteiger partial charge in [0.15, 0.2) is 23.3 Å². The number of carboxylic acids is 1. The van der Waals surface area contributed by atoms with Crippen molar-refractivity contribution in [2.75, 3.05) is 18.0 Å². The first-order chi connectivity index (χ1) is 8.95. The van der Waals surface area contributed by atoms with E-state index in [9.17, 15) is 22.4 Å². The van der Waals surface area contributed by atoms with Crippen LogP contribution < -0.4 is 4.90 Å². The van der Waals surface area contributed by atoms with Crippen molar-refractivity contribution in [3.05, 3.63) is 28.8 Å².